The van der Waals surface area contributed by atoms with Crippen LogP contribution in [0.4, 0.5) is 0 Å². The third-order valence-corrected chi connectivity index (χ3v) is 7.45. The fourth-order valence-electron chi connectivity index (χ4n) is 1.55. The molecule has 1 heterocycles. The maximum absolute atomic E-state index is 12.2. The van der Waals surface area contributed by atoms with E-state index in [2.05, 4.69) is 10.0 Å². The molecule has 1 aromatic rings. The van der Waals surface area contributed by atoms with E-state index in [4.69, 9.17) is 0 Å². The number of nitrogens with one attached hydrogen (secondary N) is 2. The van der Waals surface area contributed by atoms with Gasteiger partial charge in [0.05, 0.1) is 0 Å². The lowest BCUT2D eigenvalue weighted by molar-refractivity contribution is 0.572. The molecule has 1 saturated carbocycles. The summed E-state index contributed by atoms with van der Waals surface area (Å²) in [6, 6.07) is 2.41. The van der Waals surface area contributed by atoms with Gasteiger partial charge in [-0.05, 0) is 50.0 Å². The molecule has 114 valence electrons. The Morgan fingerprint density at radius 2 is 2.15 bits per heavy atom. The Morgan fingerprint density at radius 3 is 2.75 bits per heavy atom. The van der Waals surface area contributed by atoms with E-state index in [0.29, 0.717) is 16.8 Å². The van der Waals surface area contributed by atoms with E-state index in [0.717, 1.165) is 12.1 Å². The molecular formula is C13H22N2O2S3. The molecule has 0 atom stereocenters. The SMILES string of the molecule is CSC(C)(C)CNS(=O)(=O)c1cc(CNC2CC2)cs1. The fourth-order valence-corrected chi connectivity index (χ4v) is 4.32. The van der Waals surface area contributed by atoms with Gasteiger partial charge >= 0.3 is 0 Å². The number of thioether (sulfide) groups is 1. The first-order valence-electron chi connectivity index (χ1n) is 6.68. The highest BCUT2D eigenvalue weighted by atomic mass is 32.2. The third kappa shape index (κ3) is 4.73. The lowest BCUT2D eigenvalue weighted by atomic mass is 10.2. The van der Waals surface area contributed by atoms with Crippen molar-refractivity contribution >= 4 is 33.1 Å². The topological polar surface area (TPSA) is 58.2 Å². The fraction of sp³-hybridized carbons (Fsp3) is 0.692. The van der Waals surface area contributed by atoms with Gasteiger partial charge in [0.2, 0.25) is 10.0 Å². The Morgan fingerprint density at radius 1 is 1.45 bits per heavy atom. The van der Waals surface area contributed by atoms with Crippen molar-refractivity contribution in [1.82, 2.24) is 10.0 Å². The van der Waals surface area contributed by atoms with Crippen LogP contribution in [0.25, 0.3) is 0 Å². The molecule has 4 nitrogen and oxygen atoms in total. The predicted octanol–water partition coefficient (Wildman–Crippen LogP) is 2.42. The van der Waals surface area contributed by atoms with Crippen LogP contribution in [-0.4, -0.2) is 32.0 Å². The van der Waals surface area contributed by atoms with Gasteiger partial charge in [-0.15, -0.1) is 11.3 Å². The lowest BCUT2D eigenvalue weighted by Gasteiger charge is -2.21. The normalized spacial score (nSPS) is 16.6. The average molecular weight is 335 g/mol. The van der Waals surface area contributed by atoms with Gasteiger partial charge < -0.3 is 5.32 Å². The monoisotopic (exact) mass is 334 g/mol. The second kappa shape index (κ2) is 6.36. The van der Waals surface area contributed by atoms with Gasteiger partial charge in [0.15, 0.2) is 0 Å². The number of sulfonamides is 1. The maximum atomic E-state index is 12.2. The Bertz CT molecular complexity index is 548. The van der Waals surface area contributed by atoms with Crippen LogP contribution in [0.3, 0.4) is 0 Å². The standard InChI is InChI=1S/C13H22N2O2S3/c1-13(2,18-3)9-15-20(16,17)12-6-10(8-19-12)7-14-11-4-5-11/h6,8,11,14-15H,4-5,7,9H2,1-3H3. The van der Waals surface area contributed by atoms with Crippen LogP contribution in [0.1, 0.15) is 32.3 Å². The van der Waals surface area contributed by atoms with Crippen LogP contribution in [0, 0.1) is 0 Å². The molecule has 1 fully saturated rings. The van der Waals surface area contributed by atoms with Crippen LogP contribution >= 0.6 is 23.1 Å². The zero-order chi connectivity index (χ0) is 14.8. The van der Waals surface area contributed by atoms with Gasteiger partial charge in [-0.1, -0.05) is 0 Å². The average Bonchev–Trinajstić information content (AvgIpc) is 3.10. The van der Waals surface area contributed by atoms with Crippen LogP contribution in [0.5, 0.6) is 0 Å². The molecule has 2 N–H and O–H groups in total. The van der Waals surface area contributed by atoms with Gasteiger partial charge in [0.1, 0.15) is 4.21 Å². The van der Waals surface area contributed by atoms with Crippen molar-refractivity contribution in [3.63, 3.8) is 0 Å². The van der Waals surface area contributed by atoms with E-state index in [1.165, 1.54) is 24.2 Å². The Balaban J connectivity index is 1.94. The summed E-state index contributed by atoms with van der Waals surface area (Å²) in [5.74, 6) is 0. The van der Waals surface area contributed by atoms with Crippen LogP contribution in [-0.2, 0) is 16.6 Å². The first-order chi connectivity index (χ1) is 9.32. The molecule has 0 radical (unpaired) electrons. The molecular weight excluding hydrogens is 312 g/mol. The van der Waals surface area contributed by atoms with Gasteiger partial charge in [-0.2, -0.15) is 11.8 Å². The van der Waals surface area contributed by atoms with E-state index in [-0.39, 0.29) is 4.75 Å². The van der Waals surface area contributed by atoms with Crippen LogP contribution in [0.15, 0.2) is 15.7 Å². The summed E-state index contributed by atoms with van der Waals surface area (Å²) in [6.45, 7) is 5.25. The van der Waals surface area contributed by atoms with Gasteiger partial charge in [-0.25, -0.2) is 13.1 Å². The number of thiophene rings is 1. The highest BCUT2D eigenvalue weighted by molar-refractivity contribution is 8.00. The Hall–Kier alpha value is -0.0800. The largest absolute Gasteiger partial charge is 0.310 e. The Labute approximate surface area is 129 Å². The molecule has 0 spiro atoms. The summed E-state index contributed by atoms with van der Waals surface area (Å²) >= 11 is 2.94. The first-order valence-corrected chi connectivity index (χ1v) is 10.3. The van der Waals surface area contributed by atoms with Crippen molar-refractivity contribution in [3.05, 3.63) is 17.0 Å². The minimum Gasteiger partial charge on any atom is -0.310 e. The summed E-state index contributed by atoms with van der Waals surface area (Å²) in [5, 5.41) is 5.31. The van der Waals surface area contributed by atoms with E-state index in [9.17, 15) is 8.42 Å². The maximum Gasteiger partial charge on any atom is 0.250 e. The highest BCUT2D eigenvalue weighted by Gasteiger charge is 2.23. The second-order valence-corrected chi connectivity index (χ2v) is 10.1. The molecule has 7 heteroatoms. The van der Waals surface area contributed by atoms with Gasteiger partial charge in [0.25, 0.3) is 0 Å². The first kappa shape index (κ1) is 16.3. The molecule has 1 aliphatic carbocycles. The molecule has 0 saturated heterocycles. The van der Waals surface area contributed by atoms with Gasteiger partial charge in [0, 0.05) is 23.9 Å². The van der Waals surface area contributed by atoms with Crippen molar-refractivity contribution in [1.29, 1.82) is 0 Å². The van der Waals surface area contributed by atoms with Crippen molar-refractivity contribution < 1.29 is 8.42 Å². The van der Waals surface area contributed by atoms with E-state index >= 15 is 0 Å². The zero-order valence-corrected chi connectivity index (χ0v) is 14.6. The zero-order valence-electron chi connectivity index (χ0n) is 12.1. The quantitative estimate of drug-likeness (QED) is 0.766. The lowest BCUT2D eigenvalue weighted by Crippen LogP contribution is -2.35. The van der Waals surface area contributed by atoms with Crippen molar-refractivity contribution in [2.24, 2.45) is 0 Å². The number of hydrogen-bond acceptors (Lipinski definition) is 5. The van der Waals surface area contributed by atoms with E-state index in [1.807, 2.05) is 25.5 Å². The van der Waals surface area contributed by atoms with E-state index < -0.39 is 10.0 Å². The molecule has 20 heavy (non-hydrogen) atoms. The Kier molecular flexibility index (Phi) is 5.18. The molecule has 0 amide bonds. The smallest absolute Gasteiger partial charge is 0.250 e. The molecule has 1 aliphatic rings. The summed E-state index contributed by atoms with van der Waals surface area (Å²) in [4.78, 5) is 0. The van der Waals surface area contributed by atoms with Crippen molar-refractivity contribution in [2.45, 2.75) is 48.2 Å². The molecule has 1 aromatic heterocycles. The molecule has 0 aliphatic heterocycles. The number of rotatable bonds is 8. The molecule has 0 aromatic carbocycles. The predicted molar refractivity (Wildman–Crippen MR) is 87.0 cm³/mol. The minimum absolute atomic E-state index is 0.0965. The van der Waals surface area contributed by atoms with Crippen molar-refractivity contribution in [3.8, 4) is 0 Å². The minimum atomic E-state index is -3.38. The summed E-state index contributed by atoms with van der Waals surface area (Å²) < 4.78 is 27.5. The van der Waals surface area contributed by atoms with E-state index in [1.54, 1.807) is 17.8 Å². The van der Waals surface area contributed by atoms with Crippen molar-refractivity contribution in [2.75, 3.05) is 12.8 Å². The highest BCUT2D eigenvalue weighted by Crippen LogP contribution is 2.24. The second-order valence-electron chi connectivity index (χ2n) is 5.72. The summed E-state index contributed by atoms with van der Waals surface area (Å²) in [6.07, 6.45) is 4.46. The van der Waals surface area contributed by atoms with Gasteiger partial charge in [-0.3, -0.25) is 0 Å². The van der Waals surface area contributed by atoms with Crippen LogP contribution in [0.2, 0.25) is 0 Å². The number of hydrogen-bond donors (Lipinski definition) is 2. The summed E-state index contributed by atoms with van der Waals surface area (Å²) in [5.41, 5.74) is 1.05. The summed E-state index contributed by atoms with van der Waals surface area (Å²) in [7, 11) is -3.38. The molecule has 0 unspecified atom stereocenters. The van der Waals surface area contributed by atoms with Crippen LogP contribution < -0.4 is 10.0 Å². The molecule has 0 bridgehead atoms. The third-order valence-electron chi connectivity index (χ3n) is 3.31. The molecule has 2 rings (SSSR count).